The number of nitrogens with one attached hydrogen (secondary N) is 2. The third-order valence-corrected chi connectivity index (χ3v) is 9.49. The fourth-order valence-corrected chi connectivity index (χ4v) is 7.14. The van der Waals surface area contributed by atoms with E-state index in [0.29, 0.717) is 36.3 Å². The number of aliphatic carboxylic acids is 1. The van der Waals surface area contributed by atoms with Gasteiger partial charge in [-0.05, 0) is 93.6 Å². The lowest BCUT2D eigenvalue weighted by Gasteiger charge is -2.29. The third kappa shape index (κ3) is 6.67. The smallest absolute Gasteiger partial charge is 0.328 e. The van der Waals surface area contributed by atoms with Crippen LogP contribution >= 0.6 is 0 Å². The molecule has 2 saturated carbocycles. The highest BCUT2D eigenvalue weighted by molar-refractivity contribution is 6.05. The zero-order chi connectivity index (χ0) is 33.8. The maximum absolute atomic E-state index is 13.9. The van der Waals surface area contributed by atoms with Gasteiger partial charge in [0.05, 0.1) is 24.2 Å². The average Bonchev–Trinajstić information content (AvgIpc) is 3.68. The number of nitrogens with zero attached hydrogens (tertiary/aromatic N) is 3. The van der Waals surface area contributed by atoms with E-state index in [0.717, 1.165) is 66.8 Å². The van der Waals surface area contributed by atoms with Crippen LogP contribution in [0.1, 0.15) is 92.2 Å². The number of anilines is 1. The first-order valence-corrected chi connectivity index (χ1v) is 16.6. The van der Waals surface area contributed by atoms with E-state index in [1.54, 1.807) is 31.2 Å². The van der Waals surface area contributed by atoms with Crippen molar-refractivity contribution in [3.05, 3.63) is 77.2 Å². The molecule has 3 heterocycles. The average molecular weight is 654 g/mol. The highest BCUT2D eigenvalue weighted by Crippen LogP contribution is 2.40. The zero-order valence-corrected chi connectivity index (χ0v) is 27.2. The van der Waals surface area contributed by atoms with Gasteiger partial charge in [0, 0.05) is 34.1 Å². The molecule has 2 aliphatic carbocycles. The maximum atomic E-state index is 13.9. The predicted octanol–water partition coefficient (Wildman–Crippen LogP) is 7.23. The van der Waals surface area contributed by atoms with E-state index in [9.17, 15) is 18.8 Å². The molecule has 0 radical (unpaired) electrons. The molecule has 250 valence electrons. The number of halogens is 1. The molecule has 48 heavy (non-hydrogen) atoms. The monoisotopic (exact) mass is 653 g/mol. The Morgan fingerprint density at radius 2 is 1.83 bits per heavy atom. The molecule has 0 unspecified atom stereocenters. The van der Waals surface area contributed by atoms with Crippen molar-refractivity contribution in [3.8, 4) is 17.3 Å². The molecule has 1 aromatic carbocycles. The van der Waals surface area contributed by atoms with Gasteiger partial charge in [0.2, 0.25) is 5.88 Å². The number of amides is 2. The lowest BCUT2D eigenvalue weighted by Crippen LogP contribution is -2.55. The summed E-state index contributed by atoms with van der Waals surface area (Å²) in [7, 11) is 0. The van der Waals surface area contributed by atoms with Gasteiger partial charge in [-0.1, -0.05) is 32.1 Å². The molecule has 0 spiro atoms. The molecule has 10 nitrogen and oxygen atoms in total. The van der Waals surface area contributed by atoms with Crippen LogP contribution < -0.4 is 15.4 Å². The Kier molecular flexibility index (Phi) is 9.56. The third-order valence-electron chi connectivity index (χ3n) is 9.49. The summed E-state index contributed by atoms with van der Waals surface area (Å²) in [5, 5.41) is 15.9. The summed E-state index contributed by atoms with van der Waals surface area (Å²) in [6.07, 6.45) is 11.7. The molecular weight excluding hydrogens is 613 g/mol. The fourth-order valence-electron chi connectivity index (χ4n) is 7.14. The number of aromatic nitrogens is 3. The summed E-state index contributed by atoms with van der Waals surface area (Å²) < 4.78 is 21.7. The molecule has 3 aromatic heterocycles. The maximum Gasteiger partial charge on any atom is 0.328 e. The molecular formula is C37H40FN5O5. The van der Waals surface area contributed by atoms with Crippen molar-refractivity contribution in [1.82, 2.24) is 19.9 Å². The van der Waals surface area contributed by atoms with Crippen molar-refractivity contribution in [1.29, 1.82) is 0 Å². The van der Waals surface area contributed by atoms with E-state index in [4.69, 9.17) is 9.84 Å². The Morgan fingerprint density at radius 1 is 1.06 bits per heavy atom. The van der Waals surface area contributed by atoms with Crippen molar-refractivity contribution >= 4 is 40.6 Å². The Balaban J connectivity index is 1.29. The number of ether oxygens (including phenoxy) is 1. The largest absolute Gasteiger partial charge is 0.478 e. The predicted molar refractivity (Wildman–Crippen MR) is 181 cm³/mol. The molecule has 0 bridgehead atoms. The summed E-state index contributed by atoms with van der Waals surface area (Å²) in [4.78, 5) is 47.5. The molecule has 11 heteroatoms. The number of rotatable bonds is 10. The standard InChI is InChI=1S/C37H40FN5O5/c1-3-48-35-24(13-18-32(44)45)12-17-31(40-35)41-36(47)37(19-7-8-20-37)42-34(46)25-11-16-30-28(21-25)23(2)33(29-15-14-26(38)22-39-29)43(30)27-9-5-4-6-10-27/h11-18,21-22,27H,3-10,19-20H2,1-2H3,(H,42,46)(H,44,45)(H,40,41,47)/b18-13+. The Labute approximate surface area is 278 Å². The number of carbonyl (C=O) groups excluding carboxylic acids is 2. The van der Waals surface area contributed by atoms with Crippen LogP contribution in [0, 0.1) is 12.7 Å². The quantitative estimate of drug-likeness (QED) is 0.154. The second-order valence-electron chi connectivity index (χ2n) is 12.6. The van der Waals surface area contributed by atoms with Crippen molar-refractivity contribution < 1.29 is 28.6 Å². The molecule has 0 aliphatic heterocycles. The number of benzene rings is 1. The van der Waals surface area contributed by atoms with Crippen LogP contribution in [0.25, 0.3) is 28.4 Å². The van der Waals surface area contributed by atoms with Crippen LogP contribution in [0.2, 0.25) is 0 Å². The second kappa shape index (κ2) is 14.0. The first kappa shape index (κ1) is 32.9. The van der Waals surface area contributed by atoms with Crippen LogP contribution in [0.15, 0.2) is 54.7 Å². The van der Waals surface area contributed by atoms with Crippen LogP contribution in [0.3, 0.4) is 0 Å². The van der Waals surface area contributed by atoms with Gasteiger partial charge in [-0.25, -0.2) is 9.18 Å². The van der Waals surface area contributed by atoms with Crippen LogP contribution in [-0.2, 0) is 9.59 Å². The van der Waals surface area contributed by atoms with Gasteiger partial charge in [0.25, 0.3) is 11.8 Å². The lowest BCUT2D eigenvalue weighted by atomic mass is 9.94. The Bertz CT molecular complexity index is 1870. The van der Waals surface area contributed by atoms with Gasteiger partial charge in [0.15, 0.2) is 0 Å². The zero-order valence-electron chi connectivity index (χ0n) is 27.2. The minimum Gasteiger partial charge on any atom is -0.478 e. The van der Waals surface area contributed by atoms with E-state index >= 15 is 0 Å². The van der Waals surface area contributed by atoms with Crippen molar-refractivity contribution in [2.75, 3.05) is 11.9 Å². The van der Waals surface area contributed by atoms with Gasteiger partial charge in [-0.15, -0.1) is 0 Å². The SMILES string of the molecule is CCOc1nc(NC(=O)C2(NC(=O)c3ccc4c(c3)c(C)c(-c3ccc(F)cn3)n4C3CCCCC3)CCCC2)ccc1/C=C/C(=O)O. The normalized spacial score (nSPS) is 16.3. The molecule has 0 saturated heterocycles. The Morgan fingerprint density at radius 3 is 2.52 bits per heavy atom. The summed E-state index contributed by atoms with van der Waals surface area (Å²) >= 11 is 0. The van der Waals surface area contributed by atoms with E-state index in [1.165, 1.54) is 24.8 Å². The van der Waals surface area contributed by atoms with Crippen LogP contribution in [0.4, 0.5) is 10.2 Å². The number of aryl methyl sites for hydroxylation is 1. The number of pyridine rings is 2. The van der Waals surface area contributed by atoms with Gasteiger partial charge in [-0.2, -0.15) is 4.98 Å². The first-order valence-electron chi connectivity index (χ1n) is 16.6. The van der Waals surface area contributed by atoms with Gasteiger partial charge in [-0.3, -0.25) is 14.6 Å². The van der Waals surface area contributed by atoms with Gasteiger partial charge >= 0.3 is 5.97 Å². The Hall–Kier alpha value is -5.06. The molecule has 4 aromatic rings. The molecule has 2 aliphatic rings. The molecule has 6 rings (SSSR count). The summed E-state index contributed by atoms with van der Waals surface area (Å²) in [6, 6.07) is 12.3. The van der Waals surface area contributed by atoms with Gasteiger partial charge < -0.3 is 25.0 Å². The number of hydrogen-bond acceptors (Lipinski definition) is 6. The minimum atomic E-state index is -1.13. The van der Waals surface area contributed by atoms with Crippen molar-refractivity contribution in [2.45, 2.75) is 83.2 Å². The van der Waals surface area contributed by atoms with E-state index in [-0.39, 0.29) is 29.6 Å². The summed E-state index contributed by atoms with van der Waals surface area (Å²) in [6.45, 7) is 4.10. The topological polar surface area (TPSA) is 135 Å². The van der Waals surface area contributed by atoms with Gasteiger partial charge in [0.1, 0.15) is 17.2 Å². The van der Waals surface area contributed by atoms with E-state index < -0.39 is 17.3 Å². The highest BCUT2D eigenvalue weighted by Gasteiger charge is 2.43. The molecule has 0 atom stereocenters. The van der Waals surface area contributed by atoms with E-state index in [2.05, 4.69) is 25.2 Å². The van der Waals surface area contributed by atoms with Crippen molar-refractivity contribution in [2.24, 2.45) is 0 Å². The molecule has 2 fully saturated rings. The highest BCUT2D eigenvalue weighted by atomic mass is 19.1. The number of carboxylic acid groups (broad SMARTS) is 1. The minimum absolute atomic E-state index is 0.191. The fraction of sp³-hybridized carbons (Fsp3) is 0.378. The number of fused-ring (bicyclic) bond motifs is 1. The number of hydrogen-bond donors (Lipinski definition) is 3. The van der Waals surface area contributed by atoms with Crippen molar-refractivity contribution in [3.63, 3.8) is 0 Å². The summed E-state index contributed by atoms with van der Waals surface area (Å²) in [5.74, 6) is -1.79. The number of carboxylic acids is 1. The summed E-state index contributed by atoms with van der Waals surface area (Å²) in [5.41, 5.74) is 3.37. The lowest BCUT2D eigenvalue weighted by molar-refractivity contribution is -0.131. The van der Waals surface area contributed by atoms with Crippen LogP contribution in [-0.4, -0.2) is 49.6 Å². The van der Waals surface area contributed by atoms with E-state index in [1.807, 2.05) is 19.1 Å². The molecule has 2 amide bonds. The number of carbonyl (C=O) groups is 3. The molecule has 3 N–H and O–H groups in total. The van der Waals surface area contributed by atoms with Crippen LogP contribution in [0.5, 0.6) is 5.88 Å². The first-order chi connectivity index (χ1) is 23.2. The second-order valence-corrected chi connectivity index (χ2v) is 12.6.